The van der Waals surface area contributed by atoms with E-state index in [1.807, 2.05) is 19.9 Å². The molecular formula is C21H22FN7O2. The Hall–Kier alpha value is -3.84. The molecule has 10 heteroatoms. The minimum absolute atomic E-state index is 0.0355. The number of nitrogens with two attached hydrogens (primary N) is 2. The maximum absolute atomic E-state index is 13.9. The summed E-state index contributed by atoms with van der Waals surface area (Å²) in [6.45, 7) is 5.51. The molecule has 0 radical (unpaired) electrons. The maximum Gasteiger partial charge on any atom is 0.249 e. The Morgan fingerprint density at radius 2 is 2.06 bits per heavy atom. The lowest BCUT2D eigenvalue weighted by Crippen LogP contribution is -2.21. The summed E-state index contributed by atoms with van der Waals surface area (Å²) < 4.78 is 19.6. The molecule has 1 atom stereocenters. The van der Waals surface area contributed by atoms with Crippen molar-refractivity contribution in [2.75, 3.05) is 11.1 Å². The van der Waals surface area contributed by atoms with Crippen LogP contribution in [0.15, 0.2) is 24.5 Å². The summed E-state index contributed by atoms with van der Waals surface area (Å²) in [6.07, 6.45) is 1.10. The van der Waals surface area contributed by atoms with Crippen molar-refractivity contribution < 1.29 is 13.9 Å². The topological polar surface area (TPSA) is 153 Å². The normalized spacial score (nSPS) is 12.0. The Kier molecular flexibility index (Phi) is 6.27. The van der Waals surface area contributed by atoms with Crippen molar-refractivity contribution in [3.8, 4) is 6.07 Å². The van der Waals surface area contributed by atoms with Crippen molar-refractivity contribution in [1.29, 1.82) is 5.26 Å². The first-order chi connectivity index (χ1) is 14.7. The lowest BCUT2D eigenvalue weighted by Gasteiger charge is -2.22. The number of benzene rings is 1. The first-order valence-electron chi connectivity index (χ1n) is 9.53. The zero-order chi connectivity index (χ0) is 22.7. The second-order valence-electron chi connectivity index (χ2n) is 7.20. The van der Waals surface area contributed by atoms with E-state index in [-0.39, 0.29) is 35.5 Å². The average molecular weight is 423 g/mol. The van der Waals surface area contributed by atoms with Gasteiger partial charge in [-0.15, -0.1) is 0 Å². The Balaban J connectivity index is 2.19. The van der Waals surface area contributed by atoms with Gasteiger partial charge in [-0.25, -0.2) is 14.4 Å². The zero-order valence-corrected chi connectivity index (χ0v) is 17.3. The molecule has 9 nitrogen and oxygen atoms in total. The molecule has 2 aromatic heterocycles. The fourth-order valence-electron chi connectivity index (χ4n) is 3.22. The van der Waals surface area contributed by atoms with Crippen LogP contribution < -0.4 is 16.8 Å². The van der Waals surface area contributed by atoms with Gasteiger partial charge in [-0.1, -0.05) is 0 Å². The van der Waals surface area contributed by atoms with Gasteiger partial charge in [0, 0.05) is 10.9 Å². The van der Waals surface area contributed by atoms with Gasteiger partial charge in [0.05, 0.1) is 35.5 Å². The van der Waals surface area contributed by atoms with Crippen molar-refractivity contribution in [3.63, 3.8) is 0 Å². The molecule has 5 N–H and O–H groups in total. The third-order valence-corrected chi connectivity index (χ3v) is 4.64. The van der Waals surface area contributed by atoms with Crippen LogP contribution in [-0.2, 0) is 11.3 Å². The van der Waals surface area contributed by atoms with E-state index < -0.39 is 17.8 Å². The van der Waals surface area contributed by atoms with Crippen molar-refractivity contribution in [3.05, 3.63) is 52.7 Å². The van der Waals surface area contributed by atoms with Gasteiger partial charge in [-0.05, 0) is 39.0 Å². The predicted molar refractivity (Wildman–Crippen MR) is 113 cm³/mol. The van der Waals surface area contributed by atoms with Crippen LogP contribution in [0.4, 0.5) is 16.0 Å². The van der Waals surface area contributed by atoms with Crippen LogP contribution in [0, 0.1) is 17.1 Å². The molecule has 0 saturated carbocycles. The summed E-state index contributed by atoms with van der Waals surface area (Å²) >= 11 is 0. The predicted octanol–water partition coefficient (Wildman–Crippen LogP) is 2.81. The number of nitrogen functional groups attached to an aromatic ring is 1. The van der Waals surface area contributed by atoms with E-state index in [2.05, 4.69) is 20.3 Å². The van der Waals surface area contributed by atoms with Crippen LogP contribution in [0.3, 0.4) is 0 Å². The number of aromatic nitrogens is 3. The van der Waals surface area contributed by atoms with E-state index in [4.69, 9.17) is 16.2 Å². The van der Waals surface area contributed by atoms with E-state index in [0.29, 0.717) is 22.2 Å². The highest BCUT2D eigenvalue weighted by atomic mass is 19.1. The van der Waals surface area contributed by atoms with Crippen LogP contribution in [0.25, 0.3) is 10.9 Å². The minimum Gasteiger partial charge on any atom is -0.382 e. The summed E-state index contributed by atoms with van der Waals surface area (Å²) in [4.78, 5) is 24.9. The highest BCUT2D eigenvalue weighted by Crippen LogP contribution is 2.31. The molecule has 0 aliphatic rings. The average Bonchev–Trinajstić information content (AvgIpc) is 2.71. The van der Waals surface area contributed by atoms with Gasteiger partial charge in [0.25, 0.3) is 0 Å². The van der Waals surface area contributed by atoms with Gasteiger partial charge in [0.15, 0.2) is 0 Å². The number of carbonyl (C=O) groups is 1. The number of anilines is 2. The lowest BCUT2D eigenvalue weighted by molar-refractivity contribution is 0.0641. The Morgan fingerprint density at radius 1 is 1.32 bits per heavy atom. The molecule has 3 rings (SSSR count). The molecule has 31 heavy (non-hydrogen) atoms. The number of pyridine rings is 1. The number of primary amides is 1. The first kappa shape index (κ1) is 21.9. The Morgan fingerprint density at radius 3 is 2.71 bits per heavy atom. The van der Waals surface area contributed by atoms with Gasteiger partial charge < -0.3 is 21.5 Å². The number of rotatable bonds is 7. The van der Waals surface area contributed by atoms with Gasteiger partial charge in [0.1, 0.15) is 35.4 Å². The number of hydrogen-bond donors (Lipinski definition) is 3. The van der Waals surface area contributed by atoms with E-state index in [1.165, 1.54) is 24.5 Å². The second kappa shape index (κ2) is 8.89. The molecule has 0 fully saturated rings. The van der Waals surface area contributed by atoms with Gasteiger partial charge >= 0.3 is 0 Å². The Bertz CT molecular complexity index is 1190. The number of nitriles is 1. The molecule has 160 valence electrons. The number of amides is 1. The summed E-state index contributed by atoms with van der Waals surface area (Å²) in [7, 11) is 0. The highest BCUT2D eigenvalue weighted by molar-refractivity contribution is 6.07. The number of halogens is 1. The summed E-state index contributed by atoms with van der Waals surface area (Å²) in [5, 5.41) is 12.8. The summed E-state index contributed by atoms with van der Waals surface area (Å²) in [6, 6.07) is 5.39. The molecule has 3 aromatic rings. The molecule has 0 saturated heterocycles. The Labute approximate surface area is 178 Å². The van der Waals surface area contributed by atoms with Crippen LogP contribution in [0.2, 0.25) is 0 Å². The minimum atomic E-state index is -0.724. The van der Waals surface area contributed by atoms with Crippen molar-refractivity contribution in [2.24, 2.45) is 5.73 Å². The van der Waals surface area contributed by atoms with Crippen molar-refractivity contribution in [2.45, 2.75) is 39.5 Å². The molecule has 1 amide bonds. The monoisotopic (exact) mass is 423 g/mol. The largest absolute Gasteiger partial charge is 0.382 e. The molecule has 0 aliphatic heterocycles. The molecule has 0 aliphatic carbocycles. The third-order valence-electron chi connectivity index (χ3n) is 4.64. The van der Waals surface area contributed by atoms with Gasteiger partial charge in [-0.3, -0.25) is 9.78 Å². The smallest absolute Gasteiger partial charge is 0.249 e. The van der Waals surface area contributed by atoms with E-state index in [1.54, 1.807) is 6.92 Å². The van der Waals surface area contributed by atoms with Crippen LogP contribution in [-0.4, -0.2) is 27.0 Å². The summed E-state index contributed by atoms with van der Waals surface area (Å²) in [5.74, 6) is -0.977. The van der Waals surface area contributed by atoms with E-state index in [0.717, 1.165) is 0 Å². The highest BCUT2D eigenvalue weighted by Gasteiger charge is 2.24. The van der Waals surface area contributed by atoms with Crippen LogP contribution in [0.1, 0.15) is 54.0 Å². The molecule has 0 spiro atoms. The fraction of sp³-hybridized carbons (Fsp3) is 0.286. The number of hydrogen-bond acceptors (Lipinski definition) is 8. The maximum atomic E-state index is 13.9. The number of nitrogens with one attached hydrogen (secondary N) is 1. The number of ether oxygens (including phenoxy) is 1. The molecule has 1 unspecified atom stereocenters. The van der Waals surface area contributed by atoms with Gasteiger partial charge in [-0.2, -0.15) is 5.26 Å². The molecular weight excluding hydrogens is 401 g/mol. The number of nitrogens with zero attached hydrogens (tertiary/aromatic N) is 4. The standard InChI is InChI=1S/C21H22FN7O2/c1-10(2)31-8-15-17(20(25)30)13-6-12(22)4-5-16(13)29-18(15)11(3)28-21-14(7-23)19(24)26-9-27-21/h4-6,9-11H,8H2,1-3H3,(H2,25,30)(H3,24,26,27,28). The van der Waals surface area contributed by atoms with Crippen molar-refractivity contribution >= 4 is 28.4 Å². The van der Waals surface area contributed by atoms with Crippen LogP contribution in [0.5, 0.6) is 0 Å². The number of fused-ring (bicyclic) bond motifs is 1. The quantitative estimate of drug-likeness (QED) is 0.524. The van der Waals surface area contributed by atoms with Crippen LogP contribution >= 0.6 is 0 Å². The van der Waals surface area contributed by atoms with Crippen molar-refractivity contribution in [1.82, 2.24) is 15.0 Å². The zero-order valence-electron chi connectivity index (χ0n) is 17.3. The lowest BCUT2D eigenvalue weighted by atomic mass is 9.97. The second-order valence-corrected chi connectivity index (χ2v) is 7.20. The first-order valence-corrected chi connectivity index (χ1v) is 9.53. The number of carbonyl (C=O) groups excluding carboxylic acids is 1. The SMILES string of the molecule is CC(C)OCc1c(C(C)Nc2ncnc(N)c2C#N)nc2ccc(F)cc2c1C(N)=O. The van der Waals surface area contributed by atoms with E-state index in [9.17, 15) is 14.4 Å². The third kappa shape index (κ3) is 4.51. The molecule has 1 aromatic carbocycles. The molecule has 2 heterocycles. The summed E-state index contributed by atoms with van der Waals surface area (Å²) in [5.41, 5.74) is 13.0. The van der Waals surface area contributed by atoms with Gasteiger partial charge in [0.2, 0.25) is 5.91 Å². The van der Waals surface area contributed by atoms with E-state index >= 15 is 0 Å². The fourth-order valence-corrected chi connectivity index (χ4v) is 3.22. The molecule has 0 bridgehead atoms.